The number of carboxylic acids is 1. The fraction of sp³-hybridized carbons (Fsp3) is 0.417. The Morgan fingerprint density at radius 2 is 1.94 bits per heavy atom. The van der Waals surface area contributed by atoms with Crippen molar-refractivity contribution < 1.29 is 19.1 Å². The Labute approximate surface area is 104 Å². The molecule has 0 spiro atoms. The van der Waals surface area contributed by atoms with Crippen molar-refractivity contribution in [2.75, 3.05) is 0 Å². The number of carboxylic acid groups (broad SMARTS) is 1. The lowest BCUT2D eigenvalue weighted by molar-refractivity contribution is -0.142. The highest BCUT2D eigenvalue weighted by atomic mass is 16.4. The second kappa shape index (κ2) is 5.03. The molecule has 1 amide bonds. The molecule has 6 nitrogen and oxygen atoms in total. The zero-order valence-electron chi connectivity index (χ0n) is 10.4. The molecule has 0 saturated heterocycles. The van der Waals surface area contributed by atoms with Crippen LogP contribution in [0.5, 0.6) is 0 Å². The lowest BCUT2D eigenvalue weighted by Gasteiger charge is -2.27. The number of nitrogens with one attached hydrogen (secondary N) is 1. The summed E-state index contributed by atoms with van der Waals surface area (Å²) in [6.45, 7) is 5.12. The average Bonchev–Trinajstić information content (AvgIpc) is 2.24. The third-order valence-electron chi connectivity index (χ3n) is 2.35. The minimum Gasteiger partial charge on any atom is -0.480 e. The minimum atomic E-state index is -1.12. The molecule has 0 saturated carbocycles. The fourth-order valence-corrected chi connectivity index (χ4v) is 1.35. The summed E-state index contributed by atoms with van der Waals surface area (Å²) in [5.74, 6) is -1.71. The summed E-state index contributed by atoms with van der Waals surface area (Å²) in [7, 11) is 0. The van der Waals surface area contributed by atoms with Crippen LogP contribution in [-0.2, 0) is 4.79 Å². The van der Waals surface area contributed by atoms with E-state index in [1.54, 1.807) is 20.8 Å². The molecule has 1 heterocycles. The first-order chi connectivity index (χ1) is 8.21. The van der Waals surface area contributed by atoms with Crippen LogP contribution in [-0.4, -0.2) is 23.0 Å². The summed E-state index contributed by atoms with van der Waals surface area (Å²) in [6, 6.07) is 1.35. The SMILES string of the molecule is CC(C)(C)[C@@H](NC(=O)c1ccc(=O)oc1)C(=O)O. The molecule has 0 unspecified atom stereocenters. The largest absolute Gasteiger partial charge is 0.480 e. The van der Waals surface area contributed by atoms with Gasteiger partial charge in [0, 0.05) is 6.07 Å². The van der Waals surface area contributed by atoms with Gasteiger partial charge in [0.2, 0.25) is 0 Å². The molecular formula is C12H15NO5. The Bertz CT molecular complexity index is 491. The highest BCUT2D eigenvalue weighted by molar-refractivity contribution is 5.96. The summed E-state index contributed by atoms with van der Waals surface area (Å²) in [5, 5.41) is 11.5. The Morgan fingerprint density at radius 1 is 1.33 bits per heavy atom. The van der Waals surface area contributed by atoms with Gasteiger partial charge in [0.05, 0.1) is 5.56 Å². The number of hydrogen-bond donors (Lipinski definition) is 2. The van der Waals surface area contributed by atoms with Crippen molar-refractivity contribution in [2.24, 2.45) is 5.41 Å². The Hall–Kier alpha value is -2.11. The number of rotatable bonds is 3. The summed E-state index contributed by atoms with van der Waals surface area (Å²) in [5.41, 5.74) is -1.10. The Morgan fingerprint density at radius 3 is 2.33 bits per heavy atom. The van der Waals surface area contributed by atoms with E-state index in [0.29, 0.717) is 0 Å². The molecule has 0 aromatic carbocycles. The van der Waals surface area contributed by atoms with E-state index in [-0.39, 0.29) is 5.56 Å². The smallest absolute Gasteiger partial charge is 0.335 e. The molecule has 6 heteroatoms. The quantitative estimate of drug-likeness (QED) is 0.833. The maximum absolute atomic E-state index is 11.8. The number of aliphatic carboxylic acids is 1. The van der Waals surface area contributed by atoms with Crippen LogP contribution in [0.3, 0.4) is 0 Å². The van der Waals surface area contributed by atoms with E-state index >= 15 is 0 Å². The van der Waals surface area contributed by atoms with Gasteiger partial charge in [0.15, 0.2) is 0 Å². The molecule has 2 N–H and O–H groups in total. The summed E-state index contributed by atoms with van der Waals surface area (Å²) in [4.78, 5) is 33.6. The van der Waals surface area contributed by atoms with E-state index in [1.807, 2.05) is 0 Å². The first-order valence-corrected chi connectivity index (χ1v) is 5.34. The molecule has 0 radical (unpaired) electrons. The molecule has 1 rings (SSSR count). The van der Waals surface area contributed by atoms with E-state index in [4.69, 9.17) is 5.11 Å². The average molecular weight is 253 g/mol. The number of amides is 1. The monoisotopic (exact) mass is 253 g/mol. The standard InChI is InChI=1S/C12H15NO5/c1-12(2,3)9(11(16)17)13-10(15)7-4-5-8(14)18-6-7/h4-6,9H,1-3H3,(H,13,15)(H,16,17)/t9-/m0/s1. The van der Waals surface area contributed by atoms with E-state index in [9.17, 15) is 14.4 Å². The molecule has 0 aliphatic carbocycles. The van der Waals surface area contributed by atoms with Crippen LogP contribution in [0.25, 0.3) is 0 Å². The summed E-state index contributed by atoms with van der Waals surface area (Å²) in [6.07, 6.45) is 0.999. The van der Waals surface area contributed by atoms with Gasteiger partial charge in [0.25, 0.3) is 5.91 Å². The van der Waals surface area contributed by atoms with Gasteiger partial charge in [-0.1, -0.05) is 20.8 Å². The number of carbonyl (C=O) groups is 2. The maximum Gasteiger partial charge on any atom is 0.335 e. The topological polar surface area (TPSA) is 96.6 Å². The van der Waals surface area contributed by atoms with Crippen LogP contribution in [0.4, 0.5) is 0 Å². The zero-order chi connectivity index (χ0) is 13.9. The second-order valence-electron chi connectivity index (χ2n) is 4.95. The molecule has 0 bridgehead atoms. The van der Waals surface area contributed by atoms with Gasteiger partial charge < -0.3 is 14.8 Å². The molecule has 1 aromatic rings. The van der Waals surface area contributed by atoms with Gasteiger partial charge in [-0.05, 0) is 11.5 Å². The van der Waals surface area contributed by atoms with Crippen molar-refractivity contribution in [1.82, 2.24) is 5.32 Å². The van der Waals surface area contributed by atoms with Crippen LogP contribution in [0.2, 0.25) is 0 Å². The molecule has 0 aliphatic rings. The van der Waals surface area contributed by atoms with Crippen molar-refractivity contribution in [2.45, 2.75) is 26.8 Å². The Balaban J connectivity index is 2.89. The molecule has 98 valence electrons. The predicted molar refractivity (Wildman–Crippen MR) is 63.3 cm³/mol. The lowest BCUT2D eigenvalue weighted by atomic mass is 9.86. The minimum absolute atomic E-state index is 0.102. The molecule has 0 aliphatic heterocycles. The third-order valence-corrected chi connectivity index (χ3v) is 2.35. The van der Waals surface area contributed by atoms with Crippen LogP contribution >= 0.6 is 0 Å². The van der Waals surface area contributed by atoms with Crippen molar-refractivity contribution in [3.8, 4) is 0 Å². The van der Waals surface area contributed by atoms with Crippen molar-refractivity contribution in [3.63, 3.8) is 0 Å². The highest BCUT2D eigenvalue weighted by Crippen LogP contribution is 2.19. The van der Waals surface area contributed by atoms with Gasteiger partial charge in [-0.2, -0.15) is 0 Å². The van der Waals surface area contributed by atoms with Crippen molar-refractivity contribution >= 4 is 11.9 Å². The second-order valence-corrected chi connectivity index (χ2v) is 4.95. The van der Waals surface area contributed by atoms with Gasteiger partial charge in [-0.3, -0.25) is 4.79 Å². The first-order valence-electron chi connectivity index (χ1n) is 5.34. The van der Waals surface area contributed by atoms with Crippen molar-refractivity contribution in [3.05, 3.63) is 34.4 Å². The normalized spacial score (nSPS) is 12.8. The zero-order valence-corrected chi connectivity index (χ0v) is 10.4. The van der Waals surface area contributed by atoms with Gasteiger partial charge >= 0.3 is 11.6 Å². The molecule has 1 aromatic heterocycles. The first kappa shape index (κ1) is 14.0. The van der Waals surface area contributed by atoms with Gasteiger partial charge in [-0.25, -0.2) is 9.59 Å². The number of carbonyl (C=O) groups excluding carboxylic acids is 1. The molecule has 1 atom stereocenters. The highest BCUT2D eigenvalue weighted by Gasteiger charge is 2.32. The van der Waals surface area contributed by atoms with E-state index < -0.39 is 29.0 Å². The van der Waals surface area contributed by atoms with Crippen LogP contribution in [0.1, 0.15) is 31.1 Å². The predicted octanol–water partition coefficient (Wildman–Crippen LogP) is 0.869. The van der Waals surface area contributed by atoms with Crippen LogP contribution < -0.4 is 10.9 Å². The fourth-order valence-electron chi connectivity index (χ4n) is 1.35. The third kappa shape index (κ3) is 3.44. The van der Waals surface area contributed by atoms with E-state index in [2.05, 4.69) is 9.73 Å². The summed E-state index contributed by atoms with van der Waals surface area (Å²) >= 11 is 0. The van der Waals surface area contributed by atoms with Crippen molar-refractivity contribution in [1.29, 1.82) is 0 Å². The maximum atomic E-state index is 11.8. The van der Waals surface area contributed by atoms with Gasteiger partial charge in [0.1, 0.15) is 12.3 Å². The molecule has 0 fully saturated rings. The Kier molecular flexibility index (Phi) is 3.90. The van der Waals surface area contributed by atoms with E-state index in [1.165, 1.54) is 6.07 Å². The van der Waals surface area contributed by atoms with E-state index in [0.717, 1.165) is 12.3 Å². The van der Waals surface area contributed by atoms with Gasteiger partial charge in [-0.15, -0.1) is 0 Å². The lowest BCUT2D eigenvalue weighted by Crippen LogP contribution is -2.49. The van der Waals surface area contributed by atoms with Crippen LogP contribution in [0.15, 0.2) is 27.6 Å². The van der Waals surface area contributed by atoms with Crippen LogP contribution in [0, 0.1) is 5.41 Å². The summed E-state index contributed by atoms with van der Waals surface area (Å²) < 4.78 is 4.54. The number of hydrogen-bond acceptors (Lipinski definition) is 4. The molecule has 18 heavy (non-hydrogen) atoms. The molecular weight excluding hydrogens is 238 g/mol.